The summed E-state index contributed by atoms with van der Waals surface area (Å²) in [6, 6.07) is 8.19. The van der Waals surface area contributed by atoms with E-state index >= 15 is 0 Å². The molecule has 12 heteroatoms. The molecule has 1 N–H and O–H groups in total. The summed E-state index contributed by atoms with van der Waals surface area (Å²) in [6.07, 6.45) is 5.48. The molecule has 0 amide bonds. The van der Waals surface area contributed by atoms with Crippen LogP contribution in [0.25, 0.3) is 11.0 Å². The first kappa shape index (κ1) is 24.6. The quantitative estimate of drug-likeness (QED) is 0.348. The lowest BCUT2D eigenvalue weighted by Gasteiger charge is -2.16. The van der Waals surface area contributed by atoms with Crippen LogP contribution in [0.5, 0.6) is 11.6 Å². The number of nitrogens with zero attached hydrogens (tertiary/aromatic N) is 5. The Balaban J connectivity index is 1.44. The monoisotopic (exact) mass is 522 g/mol. The van der Waals surface area contributed by atoms with Crippen LogP contribution >= 0.6 is 0 Å². The third-order valence-electron chi connectivity index (χ3n) is 6.26. The van der Waals surface area contributed by atoms with Crippen molar-refractivity contribution in [2.75, 3.05) is 33.0 Å². The molecule has 3 heterocycles. The SMILES string of the molecule is COc1cc(C#CC2(N(C)C)CC2)ccc1S(=O)(=O)Nc1noc2cc(Cn3cccn3)nc(OC)c12. The summed E-state index contributed by atoms with van der Waals surface area (Å²) in [4.78, 5) is 6.51. The number of methoxy groups -OCH3 is 2. The Hall–Kier alpha value is -4.08. The van der Waals surface area contributed by atoms with Gasteiger partial charge in [0.25, 0.3) is 10.0 Å². The molecule has 4 aromatic rings. The van der Waals surface area contributed by atoms with Crippen molar-refractivity contribution in [3.8, 4) is 23.5 Å². The zero-order valence-electron chi connectivity index (χ0n) is 20.8. The predicted octanol–water partition coefficient (Wildman–Crippen LogP) is 2.73. The predicted molar refractivity (Wildman–Crippen MR) is 136 cm³/mol. The van der Waals surface area contributed by atoms with Gasteiger partial charge < -0.3 is 14.0 Å². The number of pyridine rings is 1. The van der Waals surface area contributed by atoms with E-state index in [0.717, 1.165) is 12.8 Å². The third-order valence-corrected chi connectivity index (χ3v) is 7.63. The summed E-state index contributed by atoms with van der Waals surface area (Å²) >= 11 is 0. The zero-order chi connectivity index (χ0) is 26.2. The third kappa shape index (κ3) is 4.83. The van der Waals surface area contributed by atoms with E-state index in [2.05, 4.69) is 36.7 Å². The number of hydrogen-bond acceptors (Lipinski definition) is 9. The lowest BCUT2D eigenvalue weighted by Crippen LogP contribution is -2.28. The molecular formula is C25H26N6O5S. The van der Waals surface area contributed by atoms with Gasteiger partial charge in [-0.1, -0.05) is 17.0 Å². The van der Waals surface area contributed by atoms with E-state index in [1.807, 2.05) is 14.1 Å². The van der Waals surface area contributed by atoms with Gasteiger partial charge in [-0.25, -0.2) is 13.4 Å². The van der Waals surface area contributed by atoms with E-state index in [4.69, 9.17) is 14.0 Å². The van der Waals surface area contributed by atoms with Crippen molar-refractivity contribution in [2.45, 2.75) is 29.8 Å². The van der Waals surface area contributed by atoms with Gasteiger partial charge in [-0.15, -0.1) is 0 Å². The number of nitrogens with one attached hydrogen (secondary N) is 1. The molecule has 37 heavy (non-hydrogen) atoms. The molecule has 3 aromatic heterocycles. The van der Waals surface area contributed by atoms with Gasteiger partial charge >= 0.3 is 0 Å². The van der Waals surface area contributed by atoms with Gasteiger partial charge in [-0.2, -0.15) is 5.10 Å². The lowest BCUT2D eigenvalue weighted by molar-refractivity contribution is 0.335. The molecule has 0 radical (unpaired) electrons. The van der Waals surface area contributed by atoms with Crippen molar-refractivity contribution < 1.29 is 22.4 Å². The van der Waals surface area contributed by atoms with Crippen molar-refractivity contribution >= 4 is 26.8 Å². The average molecular weight is 523 g/mol. The second-order valence-corrected chi connectivity index (χ2v) is 10.5. The van der Waals surface area contributed by atoms with Crippen molar-refractivity contribution in [3.63, 3.8) is 0 Å². The Morgan fingerprint density at radius 2 is 2.03 bits per heavy atom. The van der Waals surface area contributed by atoms with Crippen molar-refractivity contribution in [1.29, 1.82) is 0 Å². The Labute approximate surface area is 214 Å². The topological polar surface area (TPSA) is 125 Å². The van der Waals surface area contributed by atoms with E-state index in [0.29, 0.717) is 28.8 Å². The Bertz CT molecular complexity index is 1610. The molecule has 5 rings (SSSR count). The maximum Gasteiger partial charge on any atom is 0.266 e. The summed E-state index contributed by atoms with van der Waals surface area (Å²) in [6.45, 7) is 0.378. The number of benzene rings is 1. The van der Waals surface area contributed by atoms with E-state index in [-0.39, 0.29) is 27.9 Å². The first-order valence-electron chi connectivity index (χ1n) is 11.5. The molecule has 1 aromatic carbocycles. The standard InChI is InChI=1S/C25H26N6O5S/c1-30(2)25(10-11-25)9-8-17-6-7-21(19(14-17)34-3)37(32,33)29-23-22-20(36-28-23)15-18(27-24(22)35-4)16-31-13-5-12-26-31/h5-7,12-15H,10-11,16H2,1-4H3,(H,28,29). The van der Waals surface area contributed by atoms with Gasteiger partial charge in [0.05, 0.1) is 32.0 Å². The maximum absolute atomic E-state index is 13.3. The molecule has 0 spiro atoms. The van der Waals surface area contributed by atoms with E-state index in [1.165, 1.54) is 20.3 Å². The highest BCUT2D eigenvalue weighted by Crippen LogP contribution is 2.39. The lowest BCUT2D eigenvalue weighted by atomic mass is 10.2. The van der Waals surface area contributed by atoms with Crippen LogP contribution < -0.4 is 14.2 Å². The van der Waals surface area contributed by atoms with Gasteiger partial charge in [0.15, 0.2) is 11.4 Å². The minimum atomic E-state index is -4.11. The van der Waals surface area contributed by atoms with Crippen LogP contribution in [0, 0.1) is 11.8 Å². The number of sulfonamides is 1. The van der Waals surface area contributed by atoms with E-state index < -0.39 is 10.0 Å². The number of aromatic nitrogens is 4. The molecule has 0 aliphatic heterocycles. The highest BCUT2D eigenvalue weighted by atomic mass is 32.2. The van der Waals surface area contributed by atoms with Gasteiger partial charge in [-0.05, 0) is 51.2 Å². The minimum Gasteiger partial charge on any atom is -0.495 e. The molecule has 1 saturated carbocycles. The first-order valence-corrected chi connectivity index (χ1v) is 13.0. The average Bonchev–Trinajstić information content (AvgIpc) is 3.33. The maximum atomic E-state index is 13.3. The Morgan fingerprint density at radius 3 is 2.68 bits per heavy atom. The molecule has 11 nitrogen and oxygen atoms in total. The van der Waals surface area contributed by atoms with Crippen molar-refractivity contribution in [1.82, 2.24) is 24.8 Å². The number of rotatable bonds is 8. The van der Waals surface area contributed by atoms with Crippen LogP contribution in [0.1, 0.15) is 24.1 Å². The van der Waals surface area contributed by atoms with Gasteiger partial charge in [-0.3, -0.25) is 14.3 Å². The van der Waals surface area contributed by atoms with Crippen molar-refractivity contribution in [3.05, 3.63) is 54.0 Å². The normalized spacial score (nSPS) is 14.3. The molecule has 192 valence electrons. The minimum absolute atomic E-state index is 0.0439. The molecular weight excluding hydrogens is 496 g/mol. The van der Waals surface area contributed by atoms with Crippen LogP contribution in [-0.4, -0.2) is 67.1 Å². The Morgan fingerprint density at radius 1 is 1.22 bits per heavy atom. The fraction of sp³-hybridized carbons (Fsp3) is 0.320. The van der Waals surface area contributed by atoms with E-state index in [1.54, 1.807) is 41.3 Å². The largest absolute Gasteiger partial charge is 0.495 e. The van der Waals surface area contributed by atoms with Gasteiger partial charge in [0, 0.05) is 24.0 Å². The molecule has 1 fully saturated rings. The summed E-state index contributed by atoms with van der Waals surface area (Å²) in [5.41, 5.74) is 1.48. The summed E-state index contributed by atoms with van der Waals surface area (Å²) in [5.74, 6) is 6.72. The second kappa shape index (κ2) is 9.42. The number of anilines is 1. The summed E-state index contributed by atoms with van der Waals surface area (Å²) in [5, 5.41) is 8.40. The highest BCUT2D eigenvalue weighted by molar-refractivity contribution is 7.92. The van der Waals surface area contributed by atoms with Crippen LogP contribution in [0.15, 0.2) is 52.1 Å². The van der Waals surface area contributed by atoms with Crippen molar-refractivity contribution in [2.24, 2.45) is 0 Å². The zero-order valence-corrected chi connectivity index (χ0v) is 21.7. The molecule has 0 atom stereocenters. The van der Waals surface area contributed by atoms with Crippen LogP contribution in [-0.2, 0) is 16.6 Å². The number of fused-ring (bicyclic) bond motifs is 1. The smallest absolute Gasteiger partial charge is 0.266 e. The second-order valence-electron chi connectivity index (χ2n) is 8.88. The summed E-state index contributed by atoms with van der Waals surface area (Å²) < 4.78 is 47.1. The molecule has 0 saturated heterocycles. The fourth-order valence-electron chi connectivity index (χ4n) is 3.98. The number of hydrogen-bond donors (Lipinski definition) is 1. The molecule has 1 aliphatic carbocycles. The van der Waals surface area contributed by atoms with Gasteiger partial charge in [0.1, 0.15) is 16.0 Å². The van der Waals surface area contributed by atoms with Crippen LogP contribution in [0.4, 0.5) is 5.82 Å². The van der Waals surface area contributed by atoms with Crippen LogP contribution in [0.2, 0.25) is 0 Å². The molecule has 0 bridgehead atoms. The van der Waals surface area contributed by atoms with E-state index in [9.17, 15) is 8.42 Å². The molecule has 0 unspecified atom stereocenters. The van der Waals surface area contributed by atoms with Crippen LogP contribution in [0.3, 0.4) is 0 Å². The summed E-state index contributed by atoms with van der Waals surface area (Å²) in [7, 11) is 2.75. The molecule has 1 aliphatic rings. The number of ether oxygens (including phenoxy) is 2. The Kier molecular flexibility index (Phi) is 6.26. The first-order chi connectivity index (χ1) is 17.7. The highest BCUT2D eigenvalue weighted by Gasteiger charge is 2.43. The fourth-order valence-corrected chi connectivity index (χ4v) is 5.13. The van der Waals surface area contributed by atoms with Gasteiger partial charge in [0.2, 0.25) is 5.88 Å².